The van der Waals surface area contributed by atoms with Crippen molar-refractivity contribution in [2.45, 2.75) is 95.1 Å². The van der Waals surface area contributed by atoms with Crippen LogP contribution in [0.4, 0.5) is 0 Å². The van der Waals surface area contributed by atoms with Crippen LogP contribution in [-0.4, -0.2) is 22.8 Å². The lowest BCUT2D eigenvalue weighted by atomic mass is 9.66. The number of hydrogen-bond acceptors (Lipinski definition) is 3. The van der Waals surface area contributed by atoms with Gasteiger partial charge in [0.25, 0.3) is 0 Å². The second-order valence-corrected chi connectivity index (χ2v) is 13.6. The molecule has 236 valence electrons. The Morgan fingerprint density at radius 3 is 1.43 bits per heavy atom. The largest absolute Gasteiger partial charge is 0.392 e. The normalized spacial score (nSPS) is 24.5. The summed E-state index contributed by atoms with van der Waals surface area (Å²) in [5, 5.41) is 10.4. The molecule has 0 bridgehead atoms. The standard InChI is InChI=1S/C41H54O3/c1-28(18-14-20-30(3)22-24-35-33(6)37(42)26-32(5)40(35,8)9)16-12-13-17-29(2)19-15-21-31(4)23-25-36-34(7)38(43)27-39(44)41(36,10)11/h12-25,32,39,44H,26-27H2,1-11H3/b13-12+,18-14+,19-15+,24-22+,25-23+,28-16+,29-17+,30-20+,31-21+. The van der Waals surface area contributed by atoms with Gasteiger partial charge >= 0.3 is 0 Å². The van der Waals surface area contributed by atoms with Crippen molar-refractivity contribution < 1.29 is 14.7 Å². The molecule has 0 aliphatic heterocycles. The number of carbonyl (C=O) groups is 2. The number of carbonyl (C=O) groups excluding carboxylic acids is 2. The summed E-state index contributed by atoms with van der Waals surface area (Å²) in [6.07, 6.45) is 28.9. The predicted octanol–water partition coefficient (Wildman–Crippen LogP) is 10.2. The lowest BCUT2D eigenvalue weighted by Crippen LogP contribution is -2.38. The van der Waals surface area contributed by atoms with E-state index in [0.717, 1.165) is 44.6 Å². The molecule has 44 heavy (non-hydrogen) atoms. The van der Waals surface area contributed by atoms with Gasteiger partial charge in [0, 0.05) is 18.3 Å². The van der Waals surface area contributed by atoms with Crippen molar-refractivity contribution in [1.82, 2.24) is 0 Å². The molecular formula is C41H54O3. The van der Waals surface area contributed by atoms with E-state index in [1.54, 1.807) is 0 Å². The molecule has 2 unspecified atom stereocenters. The number of allylic oxidation sites excluding steroid dienone is 21. The van der Waals surface area contributed by atoms with Gasteiger partial charge in [0.05, 0.1) is 6.10 Å². The summed E-state index contributed by atoms with van der Waals surface area (Å²) < 4.78 is 0. The molecule has 0 aromatic carbocycles. The first-order valence-electron chi connectivity index (χ1n) is 15.7. The zero-order valence-corrected chi connectivity index (χ0v) is 28.9. The third-order valence-electron chi connectivity index (χ3n) is 9.26. The minimum atomic E-state index is -0.660. The summed E-state index contributed by atoms with van der Waals surface area (Å²) in [6.45, 7) is 22.6. The van der Waals surface area contributed by atoms with E-state index in [1.807, 2.05) is 71.1 Å². The average molecular weight is 595 g/mol. The van der Waals surface area contributed by atoms with E-state index in [9.17, 15) is 14.7 Å². The Labute approximate surface area is 267 Å². The van der Waals surface area contributed by atoms with Crippen LogP contribution in [-0.2, 0) is 9.59 Å². The zero-order chi connectivity index (χ0) is 33.2. The third kappa shape index (κ3) is 9.99. The fraction of sp³-hybridized carbons (Fsp3) is 0.415. The maximum atomic E-state index is 12.4. The summed E-state index contributed by atoms with van der Waals surface area (Å²) in [7, 11) is 0. The van der Waals surface area contributed by atoms with Crippen LogP contribution >= 0.6 is 0 Å². The average Bonchev–Trinajstić information content (AvgIpc) is 2.93. The monoisotopic (exact) mass is 594 g/mol. The Hall–Kier alpha value is -3.56. The van der Waals surface area contributed by atoms with Crippen molar-refractivity contribution in [2.24, 2.45) is 16.7 Å². The van der Waals surface area contributed by atoms with Crippen LogP contribution in [0.1, 0.15) is 89.0 Å². The number of aliphatic hydroxyl groups excluding tert-OH is 1. The second kappa shape index (κ2) is 16.0. The van der Waals surface area contributed by atoms with Crippen molar-refractivity contribution in [2.75, 3.05) is 0 Å². The smallest absolute Gasteiger partial charge is 0.161 e. The molecule has 2 aliphatic rings. The van der Waals surface area contributed by atoms with Gasteiger partial charge in [0.1, 0.15) is 0 Å². The highest BCUT2D eigenvalue weighted by Gasteiger charge is 2.39. The molecule has 0 radical (unpaired) electrons. The van der Waals surface area contributed by atoms with Gasteiger partial charge < -0.3 is 5.11 Å². The molecule has 2 rings (SSSR count). The van der Waals surface area contributed by atoms with Crippen molar-refractivity contribution in [3.63, 3.8) is 0 Å². The van der Waals surface area contributed by atoms with Crippen LogP contribution in [0.2, 0.25) is 0 Å². The molecule has 0 aromatic rings. The van der Waals surface area contributed by atoms with Gasteiger partial charge in [0.15, 0.2) is 11.6 Å². The number of ketones is 2. The second-order valence-electron chi connectivity index (χ2n) is 13.6. The van der Waals surface area contributed by atoms with Crippen molar-refractivity contribution in [1.29, 1.82) is 0 Å². The van der Waals surface area contributed by atoms with Crippen LogP contribution in [0.3, 0.4) is 0 Å². The molecule has 0 aromatic heterocycles. The van der Waals surface area contributed by atoms with E-state index < -0.39 is 11.5 Å². The number of aliphatic hydroxyl groups is 1. The topological polar surface area (TPSA) is 54.4 Å². The molecule has 2 aliphatic carbocycles. The van der Waals surface area contributed by atoms with Crippen molar-refractivity contribution in [3.05, 3.63) is 130 Å². The van der Waals surface area contributed by atoms with E-state index in [-0.39, 0.29) is 23.4 Å². The van der Waals surface area contributed by atoms with Crippen molar-refractivity contribution >= 4 is 11.6 Å². The molecule has 1 N–H and O–H groups in total. The maximum absolute atomic E-state index is 12.4. The Bertz CT molecular complexity index is 1340. The highest BCUT2D eigenvalue weighted by atomic mass is 16.3. The van der Waals surface area contributed by atoms with E-state index in [1.165, 1.54) is 0 Å². The highest BCUT2D eigenvalue weighted by Crippen LogP contribution is 2.44. The molecule has 0 heterocycles. The Morgan fingerprint density at radius 2 is 0.977 bits per heavy atom. The summed E-state index contributed by atoms with van der Waals surface area (Å²) in [6, 6.07) is 0. The number of hydrogen-bond donors (Lipinski definition) is 1. The molecule has 2 atom stereocenters. The molecule has 0 saturated carbocycles. The van der Waals surface area contributed by atoms with Gasteiger partial charge in [-0.1, -0.05) is 142 Å². The maximum Gasteiger partial charge on any atom is 0.161 e. The summed E-state index contributed by atoms with van der Waals surface area (Å²) in [4.78, 5) is 24.6. The van der Waals surface area contributed by atoms with Gasteiger partial charge in [-0.25, -0.2) is 0 Å². The van der Waals surface area contributed by atoms with Gasteiger partial charge in [-0.2, -0.15) is 0 Å². The molecule has 0 amide bonds. The predicted molar refractivity (Wildman–Crippen MR) is 188 cm³/mol. The zero-order valence-electron chi connectivity index (χ0n) is 28.9. The molecule has 3 heteroatoms. The minimum absolute atomic E-state index is 0.00918. The van der Waals surface area contributed by atoms with Crippen LogP contribution in [0.25, 0.3) is 0 Å². The first-order chi connectivity index (χ1) is 20.5. The van der Waals surface area contributed by atoms with E-state index in [4.69, 9.17) is 0 Å². The van der Waals surface area contributed by atoms with Gasteiger partial charge in [-0.15, -0.1) is 0 Å². The SMILES string of the molecule is CC1=C(/C=C/C(C)=C/C=C/C(C)=C/C=C/C=C(C)/C=C/C=C(C)/C=C/C2=C(C)C(=O)CC(O)C2(C)C)C(C)(C)C(C)CC1=O. The number of Topliss-reactive ketones (excluding diaryl/α,β-unsaturated/α-hetero) is 2. The van der Waals surface area contributed by atoms with E-state index in [0.29, 0.717) is 12.3 Å². The minimum Gasteiger partial charge on any atom is -0.392 e. The van der Waals surface area contributed by atoms with E-state index >= 15 is 0 Å². The Balaban J connectivity index is 1.96. The first kappa shape index (κ1) is 36.6. The highest BCUT2D eigenvalue weighted by molar-refractivity contribution is 5.98. The van der Waals surface area contributed by atoms with Crippen LogP contribution < -0.4 is 0 Å². The van der Waals surface area contributed by atoms with E-state index in [2.05, 4.69) is 90.2 Å². The summed E-state index contributed by atoms with van der Waals surface area (Å²) >= 11 is 0. The van der Waals surface area contributed by atoms with Gasteiger partial charge in [0.2, 0.25) is 0 Å². The quantitative estimate of drug-likeness (QED) is 0.256. The molecule has 0 spiro atoms. The Morgan fingerprint density at radius 1 is 0.614 bits per heavy atom. The van der Waals surface area contributed by atoms with Crippen LogP contribution in [0, 0.1) is 16.7 Å². The molecule has 0 saturated heterocycles. The first-order valence-corrected chi connectivity index (χ1v) is 15.7. The van der Waals surface area contributed by atoms with Gasteiger partial charge in [-0.05, 0) is 75.2 Å². The fourth-order valence-electron chi connectivity index (χ4n) is 5.43. The van der Waals surface area contributed by atoms with Crippen LogP contribution in [0.15, 0.2) is 130 Å². The van der Waals surface area contributed by atoms with Crippen molar-refractivity contribution in [3.8, 4) is 0 Å². The molecule has 0 fully saturated rings. The fourth-order valence-corrected chi connectivity index (χ4v) is 5.43. The lowest BCUT2D eigenvalue weighted by molar-refractivity contribution is -0.120. The molecule has 3 nitrogen and oxygen atoms in total. The lowest BCUT2D eigenvalue weighted by Gasteiger charge is -2.38. The Kier molecular flexibility index (Phi) is 13.3. The summed E-state index contributed by atoms with van der Waals surface area (Å²) in [5.74, 6) is 0.614. The van der Waals surface area contributed by atoms with Crippen LogP contribution in [0.5, 0.6) is 0 Å². The summed E-state index contributed by atoms with van der Waals surface area (Å²) in [5.41, 5.74) is 7.70. The number of rotatable bonds is 10. The third-order valence-corrected chi connectivity index (χ3v) is 9.26. The van der Waals surface area contributed by atoms with Gasteiger partial charge in [-0.3, -0.25) is 9.59 Å². The molecular weight excluding hydrogens is 540 g/mol.